The molecule has 0 aliphatic rings. The van der Waals surface area contributed by atoms with Gasteiger partial charge in [-0.05, 0) is 41.5 Å². The Kier molecular flexibility index (Phi) is 7.19. The van der Waals surface area contributed by atoms with Crippen molar-refractivity contribution in [1.82, 2.24) is 9.36 Å². The first-order valence-corrected chi connectivity index (χ1v) is 11.8. The van der Waals surface area contributed by atoms with Crippen LogP contribution in [0.15, 0.2) is 53.2 Å². The van der Waals surface area contributed by atoms with E-state index in [-0.39, 0.29) is 28.2 Å². The molecule has 0 aliphatic heterocycles. The molecule has 2 aromatic carbocycles. The Hall–Kier alpha value is -3.33. The largest absolute Gasteiger partial charge is 0.487 e. The maximum atomic E-state index is 13.0. The Morgan fingerprint density at radius 3 is 2.62 bits per heavy atom. The fraction of sp³-hybridized carbons (Fsp3) is 0.100. The normalized spacial score (nSPS) is 11.6. The number of hydrogen-bond acceptors (Lipinski definition) is 8. The van der Waals surface area contributed by atoms with Gasteiger partial charge < -0.3 is 4.74 Å². The molecule has 0 bridgehead atoms. The predicted molar refractivity (Wildman–Crippen MR) is 117 cm³/mol. The molecule has 1 aromatic heterocycles. The standard InChI is InChI=1S/C20H14ClFN4O4S2/c1-32(28,29)20-25-19(31-26-20)24-18(27)14(10-23)8-13-4-7-17(16(21)9-13)30-11-12-2-5-15(22)6-3-12/h2-9H,11H2,1H3,(H,24,25,26,27). The number of nitrogens with zero attached hydrogens (tertiary/aromatic N) is 3. The number of rotatable bonds is 7. The summed E-state index contributed by atoms with van der Waals surface area (Å²) in [6.07, 6.45) is 2.25. The number of amides is 1. The zero-order valence-electron chi connectivity index (χ0n) is 16.4. The fourth-order valence-electron chi connectivity index (χ4n) is 2.36. The van der Waals surface area contributed by atoms with E-state index < -0.39 is 20.9 Å². The van der Waals surface area contributed by atoms with Crippen molar-refractivity contribution in [3.63, 3.8) is 0 Å². The highest BCUT2D eigenvalue weighted by Gasteiger charge is 2.17. The molecule has 0 saturated carbocycles. The second kappa shape index (κ2) is 9.86. The number of hydrogen-bond donors (Lipinski definition) is 1. The first-order chi connectivity index (χ1) is 15.2. The highest BCUT2D eigenvalue weighted by molar-refractivity contribution is 7.90. The molecule has 1 heterocycles. The highest BCUT2D eigenvalue weighted by atomic mass is 35.5. The zero-order chi connectivity index (χ0) is 23.3. The van der Waals surface area contributed by atoms with Gasteiger partial charge in [-0.3, -0.25) is 10.1 Å². The van der Waals surface area contributed by atoms with Crippen molar-refractivity contribution < 1.29 is 22.3 Å². The molecule has 0 atom stereocenters. The number of nitriles is 1. The number of carbonyl (C=O) groups excluding carboxylic acids is 1. The third kappa shape index (κ3) is 6.10. The molecule has 3 rings (SSSR count). The second-order valence-corrected chi connectivity index (χ2v) is 9.45. The Morgan fingerprint density at radius 1 is 1.31 bits per heavy atom. The van der Waals surface area contributed by atoms with Crippen LogP contribution in [0.5, 0.6) is 5.75 Å². The molecule has 32 heavy (non-hydrogen) atoms. The number of benzene rings is 2. The van der Waals surface area contributed by atoms with Crippen LogP contribution in [0.25, 0.3) is 6.08 Å². The topological polar surface area (TPSA) is 122 Å². The summed E-state index contributed by atoms with van der Waals surface area (Å²) in [6, 6.07) is 12.3. The van der Waals surface area contributed by atoms with Gasteiger partial charge in [-0.25, -0.2) is 12.8 Å². The van der Waals surface area contributed by atoms with Gasteiger partial charge in [0.05, 0.1) is 5.02 Å². The summed E-state index contributed by atoms with van der Waals surface area (Å²) in [6.45, 7) is 0.179. The summed E-state index contributed by atoms with van der Waals surface area (Å²) in [7, 11) is -3.61. The van der Waals surface area contributed by atoms with Crippen molar-refractivity contribution in [2.24, 2.45) is 0 Å². The number of aromatic nitrogens is 2. The Morgan fingerprint density at radius 2 is 2.03 bits per heavy atom. The Balaban J connectivity index is 1.70. The maximum Gasteiger partial charge on any atom is 0.268 e. The van der Waals surface area contributed by atoms with Crippen LogP contribution < -0.4 is 10.1 Å². The van der Waals surface area contributed by atoms with Crippen LogP contribution >= 0.6 is 23.1 Å². The lowest BCUT2D eigenvalue weighted by atomic mass is 10.1. The molecule has 164 valence electrons. The van der Waals surface area contributed by atoms with Gasteiger partial charge in [-0.1, -0.05) is 29.8 Å². The molecule has 1 amide bonds. The number of carbonyl (C=O) groups is 1. The summed E-state index contributed by atoms with van der Waals surface area (Å²) in [5.74, 6) is -0.753. The average Bonchev–Trinajstić information content (AvgIpc) is 3.21. The minimum atomic E-state index is -3.61. The van der Waals surface area contributed by atoms with E-state index in [1.807, 2.05) is 0 Å². The highest BCUT2D eigenvalue weighted by Crippen LogP contribution is 2.27. The van der Waals surface area contributed by atoms with E-state index in [1.54, 1.807) is 30.3 Å². The van der Waals surface area contributed by atoms with Crippen LogP contribution in [0, 0.1) is 17.1 Å². The lowest BCUT2D eigenvalue weighted by Crippen LogP contribution is -2.13. The van der Waals surface area contributed by atoms with Crippen molar-refractivity contribution >= 4 is 50.1 Å². The molecule has 12 heteroatoms. The van der Waals surface area contributed by atoms with Crippen molar-refractivity contribution in [3.05, 3.63) is 70.0 Å². The van der Waals surface area contributed by atoms with Crippen LogP contribution in [-0.4, -0.2) is 29.9 Å². The first-order valence-electron chi connectivity index (χ1n) is 8.79. The van der Waals surface area contributed by atoms with Gasteiger partial charge in [0.1, 0.15) is 29.8 Å². The van der Waals surface area contributed by atoms with Crippen molar-refractivity contribution in [3.8, 4) is 11.8 Å². The number of halogens is 2. The monoisotopic (exact) mass is 492 g/mol. The summed E-state index contributed by atoms with van der Waals surface area (Å²) in [5, 5.41) is 11.5. The molecule has 0 radical (unpaired) electrons. The molecular weight excluding hydrogens is 479 g/mol. The quantitative estimate of drug-likeness (QED) is 0.392. The van der Waals surface area contributed by atoms with E-state index in [2.05, 4.69) is 14.7 Å². The fourth-order valence-corrected chi connectivity index (χ4v) is 4.04. The van der Waals surface area contributed by atoms with E-state index in [0.717, 1.165) is 11.8 Å². The molecular formula is C20H14ClFN4O4S2. The molecule has 0 fully saturated rings. The predicted octanol–water partition coefficient (Wildman–Crippen LogP) is 3.86. The summed E-state index contributed by atoms with van der Waals surface area (Å²) in [4.78, 5) is 16.1. The lowest BCUT2D eigenvalue weighted by molar-refractivity contribution is -0.112. The molecule has 0 spiro atoms. The second-order valence-electron chi connectivity index (χ2n) is 6.38. The van der Waals surface area contributed by atoms with Crippen LogP contribution in [-0.2, 0) is 21.2 Å². The summed E-state index contributed by atoms with van der Waals surface area (Å²) in [5.41, 5.74) is 0.965. The Bertz CT molecular complexity index is 1330. The van der Waals surface area contributed by atoms with E-state index in [0.29, 0.717) is 22.8 Å². The third-order valence-corrected chi connectivity index (χ3v) is 5.79. The molecule has 8 nitrogen and oxygen atoms in total. The minimum Gasteiger partial charge on any atom is -0.487 e. The van der Waals surface area contributed by atoms with Gasteiger partial charge in [0.15, 0.2) is 0 Å². The van der Waals surface area contributed by atoms with Gasteiger partial charge in [0.2, 0.25) is 15.0 Å². The molecule has 1 N–H and O–H groups in total. The molecule has 3 aromatic rings. The van der Waals surface area contributed by atoms with Crippen molar-refractivity contribution in [2.75, 3.05) is 11.6 Å². The number of anilines is 1. The smallest absolute Gasteiger partial charge is 0.268 e. The van der Waals surface area contributed by atoms with Gasteiger partial charge in [-0.2, -0.15) is 14.6 Å². The van der Waals surface area contributed by atoms with Crippen LogP contribution in [0.3, 0.4) is 0 Å². The molecule has 0 aliphatic carbocycles. The van der Waals surface area contributed by atoms with E-state index in [9.17, 15) is 22.9 Å². The third-order valence-electron chi connectivity index (χ3n) is 3.90. The summed E-state index contributed by atoms with van der Waals surface area (Å²) >= 11 is 6.91. The van der Waals surface area contributed by atoms with Crippen molar-refractivity contribution in [2.45, 2.75) is 11.8 Å². The number of nitrogens with one attached hydrogen (secondary N) is 1. The molecule has 0 saturated heterocycles. The van der Waals surface area contributed by atoms with Crippen LogP contribution in [0.4, 0.5) is 9.52 Å². The van der Waals surface area contributed by atoms with E-state index in [1.165, 1.54) is 24.3 Å². The van der Waals surface area contributed by atoms with Gasteiger partial charge in [0, 0.05) is 17.8 Å². The van der Waals surface area contributed by atoms with Crippen molar-refractivity contribution in [1.29, 1.82) is 5.26 Å². The molecule has 0 unspecified atom stereocenters. The number of sulfone groups is 1. The lowest BCUT2D eigenvalue weighted by Gasteiger charge is -2.09. The minimum absolute atomic E-state index is 0.0563. The maximum absolute atomic E-state index is 13.0. The van der Waals surface area contributed by atoms with Crippen LogP contribution in [0.1, 0.15) is 11.1 Å². The van der Waals surface area contributed by atoms with Gasteiger partial charge in [0.25, 0.3) is 11.1 Å². The summed E-state index contributed by atoms with van der Waals surface area (Å²) < 4.78 is 45.1. The number of ether oxygens (including phenoxy) is 1. The average molecular weight is 493 g/mol. The van der Waals surface area contributed by atoms with Gasteiger partial charge >= 0.3 is 0 Å². The van der Waals surface area contributed by atoms with Crippen LogP contribution in [0.2, 0.25) is 5.02 Å². The van der Waals surface area contributed by atoms with E-state index >= 15 is 0 Å². The zero-order valence-corrected chi connectivity index (χ0v) is 18.8. The first kappa shape index (κ1) is 23.3. The Labute approximate surface area is 192 Å². The SMILES string of the molecule is CS(=O)(=O)c1nsc(NC(=O)C(C#N)=Cc2ccc(OCc3ccc(F)cc3)c(Cl)c2)n1. The van der Waals surface area contributed by atoms with Gasteiger partial charge in [-0.15, -0.1) is 0 Å². The van der Waals surface area contributed by atoms with E-state index in [4.69, 9.17) is 16.3 Å².